The van der Waals surface area contributed by atoms with Gasteiger partial charge in [0, 0.05) is 23.8 Å². The minimum absolute atomic E-state index is 0.103. The Balaban J connectivity index is 2.18. The van der Waals surface area contributed by atoms with Gasteiger partial charge >= 0.3 is 5.97 Å². The van der Waals surface area contributed by atoms with Gasteiger partial charge in [-0.3, -0.25) is 4.79 Å². The molecule has 0 unspecified atom stereocenters. The zero-order chi connectivity index (χ0) is 26.2. The van der Waals surface area contributed by atoms with Crippen molar-refractivity contribution in [1.29, 1.82) is 0 Å². The van der Waals surface area contributed by atoms with Gasteiger partial charge in [0.15, 0.2) is 0 Å². The van der Waals surface area contributed by atoms with E-state index in [2.05, 4.69) is 64.2 Å². The lowest BCUT2D eigenvalue weighted by molar-refractivity contribution is -0.139. The van der Waals surface area contributed by atoms with Crippen LogP contribution in [0, 0.1) is 5.92 Å². The van der Waals surface area contributed by atoms with Crippen LogP contribution in [-0.4, -0.2) is 45.6 Å². The molecule has 5 nitrogen and oxygen atoms in total. The number of nitrogens with zero attached hydrogens (tertiary/aromatic N) is 1. The molecule has 0 aliphatic carbocycles. The van der Waals surface area contributed by atoms with Crippen LogP contribution in [0.2, 0.25) is 23.2 Å². The number of hydroxylamine groups is 2. The largest absolute Gasteiger partial charge is 0.469 e. The maximum atomic E-state index is 11.5. The Hall–Kier alpha value is -1.86. The number of halogens is 1. The summed E-state index contributed by atoms with van der Waals surface area (Å²) in [4.78, 5) is 11.5. The summed E-state index contributed by atoms with van der Waals surface area (Å²) in [5.41, 5.74) is 3.16. The fraction of sp³-hybridized carbons (Fsp3) is 0.536. The topological polar surface area (TPSA) is 50.8 Å². The predicted octanol–water partition coefficient (Wildman–Crippen LogP) is 6.97. The van der Waals surface area contributed by atoms with E-state index in [0.29, 0.717) is 5.92 Å². The first-order valence-electron chi connectivity index (χ1n) is 12.4. The number of ether oxygens (including phenoxy) is 1. The number of anilines is 1. The summed E-state index contributed by atoms with van der Waals surface area (Å²) in [6, 6.07) is 16.2. The number of benzene rings is 2. The van der Waals surface area contributed by atoms with Crippen LogP contribution < -0.4 is 5.32 Å². The Morgan fingerprint density at radius 3 is 2.29 bits per heavy atom. The van der Waals surface area contributed by atoms with Crippen LogP contribution in [0.5, 0.6) is 0 Å². The molecule has 0 radical (unpaired) electrons. The molecule has 0 saturated heterocycles. The number of carbonyl (C=O) groups excluding carboxylic acids is 1. The van der Waals surface area contributed by atoms with E-state index in [4.69, 9.17) is 20.9 Å². The summed E-state index contributed by atoms with van der Waals surface area (Å²) >= 11 is 6.23. The summed E-state index contributed by atoms with van der Waals surface area (Å²) < 4.78 is 11.7. The molecule has 0 heterocycles. The van der Waals surface area contributed by atoms with Gasteiger partial charge in [0.05, 0.1) is 19.6 Å². The zero-order valence-corrected chi connectivity index (χ0v) is 24.4. The average molecular weight is 519 g/mol. The van der Waals surface area contributed by atoms with Crippen LogP contribution in [0.1, 0.15) is 45.7 Å². The molecule has 194 valence electrons. The number of rotatable bonds is 12. The minimum atomic E-state index is -2.03. The molecule has 0 spiro atoms. The smallest absolute Gasteiger partial charge is 0.309 e. The van der Waals surface area contributed by atoms with Crippen LogP contribution in [-0.2, 0) is 26.9 Å². The first-order chi connectivity index (χ1) is 16.3. The van der Waals surface area contributed by atoms with Gasteiger partial charge < -0.3 is 14.6 Å². The second-order valence-corrected chi connectivity index (χ2v) is 16.2. The Kier molecular flexibility index (Phi) is 10.8. The lowest BCUT2D eigenvalue weighted by Crippen LogP contribution is -2.53. The molecule has 0 aromatic heterocycles. The fourth-order valence-electron chi connectivity index (χ4n) is 3.51. The summed E-state index contributed by atoms with van der Waals surface area (Å²) in [6.07, 6.45) is 1.14. The van der Waals surface area contributed by atoms with Crippen LogP contribution in [0.4, 0.5) is 5.69 Å². The molecule has 0 amide bonds. The van der Waals surface area contributed by atoms with Gasteiger partial charge in [-0.15, -0.1) is 0 Å². The highest BCUT2D eigenvalue weighted by Crippen LogP contribution is 2.38. The number of carbonyl (C=O) groups is 1. The molecule has 1 N–H and O–H groups in total. The summed E-state index contributed by atoms with van der Waals surface area (Å²) in [5, 5.41) is 6.68. The van der Waals surface area contributed by atoms with Crippen LogP contribution in [0.3, 0.4) is 0 Å². The van der Waals surface area contributed by atoms with E-state index in [1.165, 1.54) is 12.7 Å². The van der Waals surface area contributed by atoms with E-state index in [1.54, 1.807) is 0 Å². The Bertz CT molecular complexity index is 942. The van der Waals surface area contributed by atoms with E-state index in [0.717, 1.165) is 35.8 Å². The van der Waals surface area contributed by atoms with Crippen molar-refractivity contribution in [3.05, 3.63) is 64.7 Å². The molecule has 2 aromatic carbocycles. The average Bonchev–Trinajstić information content (AvgIpc) is 2.77. The van der Waals surface area contributed by atoms with Crippen molar-refractivity contribution < 1.29 is 14.1 Å². The lowest BCUT2D eigenvalue weighted by Gasteiger charge is -2.44. The van der Waals surface area contributed by atoms with E-state index < -0.39 is 8.32 Å². The van der Waals surface area contributed by atoms with Gasteiger partial charge in [0.25, 0.3) is 0 Å². The molecule has 0 fully saturated rings. The van der Waals surface area contributed by atoms with Crippen molar-refractivity contribution in [3.8, 4) is 0 Å². The van der Waals surface area contributed by atoms with Gasteiger partial charge in [0.2, 0.25) is 8.32 Å². The number of nitrogens with one attached hydrogen (secondary N) is 1. The first kappa shape index (κ1) is 29.4. The van der Waals surface area contributed by atoms with Crippen molar-refractivity contribution in [3.63, 3.8) is 0 Å². The third kappa shape index (κ3) is 9.26. The monoisotopic (exact) mass is 518 g/mol. The highest BCUT2D eigenvalue weighted by molar-refractivity contribution is 6.74. The molecule has 0 saturated carbocycles. The van der Waals surface area contributed by atoms with Crippen molar-refractivity contribution in [2.45, 2.75) is 71.6 Å². The van der Waals surface area contributed by atoms with Gasteiger partial charge in [0.1, 0.15) is 0 Å². The molecule has 2 rings (SSSR count). The third-order valence-electron chi connectivity index (χ3n) is 6.85. The first-order valence-corrected chi connectivity index (χ1v) is 15.7. The fourth-order valence-corrected chi connectivity index (χ4v) is 4.81. The van der Waals surface area contributed by atoms with Crippen molar-refractivity contribution >= 4 is 31.6 Å². The highest BCUT2D eigenvalue weighted by atomic mass is 35.5. The molecular formula is C28H43ClN2O3Si. The van der Waals surface area contributed by atoms with Crippen molar-refractivity contribution in [2.75, 3.05) is 25.5 Å². The molecule has 0 aliphatic heterocycles. The third-order valence-corrected chi connectivity index (χ3v) is 11.4. The molecule has 1 atom stereocenters. The normalized spacial score (nSPS) is 13.2. The zero-order valence-electron chi connectivity index (χ0n) is 22.7. The molecule has 2 aromatic rings. The predicted molar refractivity (Wildman–Crippen MR) is 149 cm³/mol. The summed E-state index contributed by atoms with van der Waals surface area (Å²) in [6.45, 7) is 17.4. The molecule has 7 heteroatoms. The Morgan fingerprint density at radius 1 is 1.09 bits per heavy atom. The SMILES string of the molecule is COC(=O)Cc1ccc(NC[C@@H](C(C)C)N(CCc2cccc(Cl)c2)O[Si](C)(C)C(C)(C)C)cc1. The van der Waals surface area contributed by atoms with Crippen LogP contribution in [0.25, 0.3) is 0 Å². The van der Waals surface area contributed by atoms with Gasteiger partial charge in [-0.05, 0) is 65.9 Å². The minimum Gasteiger partial charge on any atom is -0.469 e. The van der Waals surface area contributed by atoms with Gasteiger partial charge in [-0.25, -0.2) is 0 Å². The Morgan fingerprint density at radius 2 is 1.74 bits per heavy atom. The lowest BCUT2D eigenvalue weighted by atomic mass is 10.0. The second kappa shape index (κ2) is 12.9. The second-order valence-electron chi connectivity index (χ2n) is 11.0. The maximum absolute atomic E-state index is 11.5. The molecular weight excluding hydrogens is 476 g/mol. The molecule has 0 aliphatic rings. The molecule has 0 bridgehead atoms. The van der Waals surface area contributed by atoms with Gasteiger partial charge in [-0.2, -0.15) is 5.06 Å². The van der Waals surface area contributed by atoms with Gasteiger partial charge in [-0.1, -0.05) is 70.5 Å². The Labute approximate surface area is 218 Å². The maximum Gasteiger partial charge on any atom is 0.309 e. The number of esters is 1. The molecule has 35 heavy (non-hydrogen) atoms. The van der Waals surface area contributed by atoms with E-state index in [-0.39, 0.29) is 23.5 Å². The summed E-state index contributed by atoms with van der Waals surface area (Å²) in [7, 11) is -0.622. The highest BCUT2D eigenvalue weighted by Gasteiger charge is 2.41. The summed E-state index contributed by atoms with van der Waals surface area (Å²) in [5.74, 6) is 0.147. The van der Waals surface area contributed by atoms with E-state index in [9.17, 15) is 4.79 Å². The number of hydrogen-bond donors (Lipinski definition) is 1. The van der Waals surface area contributed by atoms with Crippen molar-refractivity contribution in [2.24, 2.45) is 5.92 Å². The van der Waals surface area contributed by atoms with Crippen LogP contribution >= 0.6 is 11.6 Å². The van der Waals surface area contributed by atoms with E-state index >= 15 is 0 Å². The van der Waals surface area contributed by atoms with E-state index in [1.807, 2.05) is 42.5 Å². The number of hydrogen-bond acceptors (Lipinski definition) is 5. The number of methoxy groups -OCH3 is 1. The standard InChI is InChI=1S/C28H43ClN2O3Si/c1-21(2)26(20-30-25-14-12-23(13-15-25)19-27(32)33-6)31(34-35(7,8)28(3,4)5)17-16-22-10-9-11-24(29)18-22/h9-15,18,21,26,30H,16-17,19-20H2,1-8H3/t26-/m0/s1. The van der Waals surface area contributed by atoms with Crippen LogP contribution in [0.15, 0.2) is 48.5 Å². The quantitative estimate of drug-likeness (QED) is 0.187. The van der Waals surface area contributed by atoms with Crippen molar-refractivity contribution in [1.82, 2.24) is 5.06 Å².